The van der Waals surface area contributed by atoms with Gasteiger partial charge in [0, 0.05) is 11.6 Å². The molecule has 3 nitrogen and oxygen atoms in total. The van der Waals surface area contributed by atoms with Gasteiger partial charge in [0.1, 0.15) is 5.75 Å². The molecule has 0 radical (unpaired) electrons. The van der Waals surface area contributed by atoms with Crippen molar-refractivity contribution in [3.05, 3.63) is 23.3 Å². The molecular formula is C15H21NO2. The molecule has 0 saturated heterocycles. The number of benzene rings is 1. The topological polar surface area (TPSA) is 38.3 Å². The van der Waals surface area contributed by atoms with Crippen molar-refractivity contribution < 1.29 is 9.53 Å². The Hall–Kier alpha value is -1.51. The maximum absolute atomic E-state index is 11.9. The average molecular weight is 247 g/mol. The summed E-state index contributed by atoms with van der Waals surface area (Å²) in [5.41, 5.74) is 3.02. The smallest absolute Gasteiger partial charge is 0.227 e. The zero-order valence-corrected chi connectivity index (χ0v) is 11.4. The molecule has 3 heteroatoms. The zero-order chi connectivity index (χ0) is 13.1. The highest BCUT2D eigenvalue weighted by Crippen LogP contribution is 2.30. The molecule has 2 rings (SSSR count). The first-order chi connectivity index (χ1) is 8.61. The Morgan fingerprint density at radius 1 is 1.33 bits per heavy atom. The van der Waals surface area contributed by atoms with Crippen LogP contribution < -0.4 is 10.1 Å². The summed E-state index contributed by atoms with van der Waals surface area (Å²) in [4.78, 5) is 11.9. The Morgan fingerprint density at radius 2 is 1.94 bits per heavy atom. The molecular weight excluding hydrogens is 226 g/mol. The van der Waals surface area contributed by atoms with Crippen molar-refractivity contribution in [2.24, 2.45) is 5.92 Å². The fraction of sp³-hybridized carbons (Fsp3) is 0.533. The number of ether oxygens (including phenoxy) is 1. The summed E-state index contributed by atoms with van der Waals surface area (Å²) in [6.45, 7) is 6.66. The summed E-state index contributed by atoms with van der Waals surface area (Å²) in [7, 11) is 0. The van der Waals surface area contributed by atoms with Crippen molar-refractivity contribution in [1.82, 2.24) is 0 Å². The van der Waals surface area contributed by atoms with Crippen LogP contribution in [0.3, 0.4) is 0 Å². The molecule has 1 aromatic rings. The fourth-order valence-electron chi connectivity index (χ4n) is 2.31. The van der Waals surface area contributed by atoms with Crippen molar-refractivity contribution >= 4 is 11.6 Å². The van der Waals surface area contributed by atoms with E-state index in [9.17, 15) is 4.79 Å². The number of rotatable bonds is 4. The predicted molar refractivity (Wildman–Crippen MR) is 73.1 cm³/mol. The first-order valence-corrected chi connectivity index (χ1v) is 6.66. The summed E-state index contributed by atoms with van der Waals surface area (Å²) in [6.07, 6.45) is 3.24. The highest BCUT2D eigenvalue weighted by atomic mass is 16.5. The van der Waals surface area contributed by atoms with Crippen LogP contribution in [0.2, 0.25) is 0 Å². The molecule has 0 atom stereocenters. The summed E-state index contributed by atoms with van der Waals surface area (Å²) in [6, 6.07) is 3.96. The average Bonchev–Trinajstić information content (AvgIpc) is 2.20. The molecule has 0 heterocycles. The quantitative estimate of drug-likeness (QED) is 0.885. The molecule has 1 fully saturated rings. The second kappa shape index (κ2) is 5.42. The van der Waals surface area contributed by atoms with Crippen LogP contribution in [0.5, 0.6) is 5.75 Å². The first-order valence-electron chi connectivity index (χ1n) is 6.66. The highest BCUT2D eigenvalue weighted by Gasteiger charge is 2.25. The van der Waals surface area contributed by atoms with E-state index in [1.165, 1.54) is 6.42 Å². The van der Waals surface area contributed by atoms with Crippen LogP contribution in [0.4, 0.5) is 5.69 Å². The standard InChI is InChI=1S/C15H21NO2/c1-4-18-14-10(2)8-13(9-11(14)3)16-15(17)12-6-5-7-12/h8-9,12H,4-7H2,1-3H3,(H,16,17). The molecule has 18 heavy (non-hydrogen) atoms. The van der Waals surface area contributed by atoms with Gasteiger partial charge in [0.25, 0.3) is 0 Å². The van der Waals surface area contributed by atoms with Gasteiger partial charge < -0.3 is 10.1 Å². The van der Waals surface area contributed by atoms with Crippen LogP contribution in [0, 0.1) is 19.8 Å². The normalized spacial score (nSPS) is 15.1. The van der Waals surface area contributed by atoms with Crippen molar-refractivity contribution in [2.45, 2.75) is 40.0 Å². The third kappa shape index (κ3) is 2.66. The van der Waals surface area contributed by atoms with Gasteiger partial charge in [-0.25, -0.2) is 0 Å². The van der Waals surface area contributed by atoms with Gasteiger partial charge in [-0.3, -0.25) is 4.79 Å². The second-order valence-corrected chi connectivity index (χ2v) is 4.99. The Kier molecular flexibility index (Phi) is 3.90. The lowest BCUT2D eigenvalue weighted by molar-refractivity contribution is -0.122. The molecule has 0 aromatic heterocycles. The zero-order valence-electron chi connectivity index (χ0n) is 11.4. The van der Waals surface area contributed by atoms with Crippen LogP contribution in [0.1, 0.15) is 37.3 Å². The molecule has 0 spiro atoms. The maximum atomic E-state index is 11.9. The molecule has 1 saturated carbocycles. The van der Waals surface area contributed by atoms with Gasteiger partial charge in [-0.2, -0.15) is 0 Å². The molecule has 1 aliphatic rings. The fourth-order valence-corrected chi connectivity index (χ4v) is 2.31. The van der Waals surface area contributed by atoms with E-state index in [1.54, 1.807) is 0 Å². The number of carbonyl (C=O) groups excluding carboxylic acids is 1. The largest absolute Gasteiger partial charge is 0.493 e. The van der Waals surface area contributed by atoms with Gasteiger partial charge in [-0.05, 0) is 56.9 Å². The number of aryl methyl sites for hydroxylation is 2. The number of hydrogen-bond acceptors (Lipinski definition) is 2. The Labute approximate surface area is 109 Å². The molecule has 1 amide bonds. The number of hydrogen-bond donors (Lipinski definition) is 1. The molecule has 0 unspecified atom stereocenters. The maximum Gasteiger partial charge on any atom is 0.227 e. The van der Waals surface area contributed by atoms with Crippen LogP contribution in [-0.2, 0) is 4.79 Å². The number of amides is 1. The Balaban J connectivity index is 2.11. The molecule has 1 aromatic carbocycles. The minimum absolute atomic E-state index is 0.157. The predicted octanol–water partition coefficient (Wildman–Crippen LogP) is 3.44. The van der Waals surface area contributed by atoms with E-state index in [0.717, 1.165) is 35.4 Å². The molecule has 0 bridgehead atoms. The Bertz CT molecular complexity index is 427. The molecule has 1 N–H and O–H groups in total. The minimum Gasteiger partial charge on any atom is -0.493 e. The second-order valence-electron chi connectivity index (χ2n) is 4.99. The third-order valence-corrected chi connectivity index (χ3v) is 3.49. The van der Waals surface area contributed by atoms with Gasteiger partial charge in [0.2, 0.25) is 5.91 Å². The minimum atomic E-state index is 0.157. The van der Waals surface area contributed by atoms with Gasteiger partial charge >= 0.3 is 0 Å². The van der Waals surface area contributed by atoms with Crippen molar-refractivity contribution in [3.8, 4) is 5.75 Å². The van der Waals surface area contributed by atoms with E-state index < -0.39 is 0 Å². The SMILES string of the molecule is CCOc1c(C)cc(NC(=O)C2CCC2)cc1C. The molecule has 1 aliphatic carbocycles. The van der Waals surface area contributed by atoms with Crippen LogP contribution in [0.25, 0.3) is 0 Å². The van der Waals surface area contributed by atoms with E-state index in [4.69, 9.17) is 4.74 Å². The van der Waals surface area contributed by atoms with E-state index in [2.05, 4.69) is 5.32 Å². The Morgan fingerprint density at radius 3 is 2.39 bits per heavy atom. The van der Waals surface area contributed by atoms with E-state index in [0.29, 0.717) is 6.61 Å². The first kappa shape index (κ1) is 12.9. The summed E-state index contributed by atoms with van der Waals surface area (Å²) >= 11 is 0. The van der Waals surface area contributed by atoms with Crippen LogP contribution in [-0.4, -0.2) is 12.5 Å². The van der Waals surface area contributed by atoms with Crippen LogP contribution >= 0.6 is 0 Å². The third-order valence-electron chi connectivity index (χ3n) is 3.49. The lowest BCUT2D eigenvalue weighted by atomic mass is 9.85. The summed E-state index contributed by atoms with van der Waals surface area (Å²) < 4.78 is 5.59. The number of anilines is 1. The monoisotopic (exact) mass is 247 g/mol. The lowest BCUT2D eigenvalue weighted by Gasteiger charge is -2.24. The van der Waals surface area contributed by atoms with Crippen molar-refractivity contribution in [3.63, 3.8) is 0 Å². The highest BCUT2D eigenvalue weighted by molar-refractivity contribution is 5.93. The van der Waals surface area contributed by atoms with E-state index >= 15 is 0 Å². The van der Waals surface area contributed by atoms with E-state index in [1.807, 2.05) is 32.9 Å². The van der Waals surface area contributed by atoms with E-state index in [-0.39, 0.29) is 11.8 Å². The van der Waals surface area contributed by atoms with Gasteiger partial charge in [0.15, 0.2) is 0 Å². The van der Waals surface area contributed by atoms with Gasteiger partial charge in [-0.15, -0.1) is 0 Å². The van der Waals surface area contributed by atoms with Gasteiger partial charge in [0.05, 0.1) is 6.61 Å². The lowest BCUT2D eigenvalue weighted by Crippen LogP contribution is -2.28. The molecule has 0 aliphatic heterocycles. The summed E-state index contributed by atoms with van der Waals surface area (Å²) in [5, 5.41) is 3.00. The van der Waals surface area contributed by atoms with Crippen LogP contribution in [0.15, 0.2) is 12.1 Å². The van der Waals surface area contributed by atoms with Crippen molar-refractivity contribution in [1.29, 1.82) is 0 Å². The number of carbonyl (C=O) groups is 1. The number of nitrogens with one attached hydrogen (secondary N) is 1. The summed E-state index contributed by atoms with van der Waals surface area (Å²) in [5.74, 6) is 1.31. The molecule has 98 valence electrons. The van der Waals surface area contributed by atoms with Gasteiger partial charge in [-0.1, -0.05) is 6.42 Å². The van der Waals surface area contributed by atoms with Crippen molar-refractivity contribution in [2.75, 3.05) is 11.9 Å².